The number of ether oxygens (including phenoxy) is 2. The van der Waals surface area contributed by atoms with E-state index in [1.807, 2.05) is 0 Å². The van der Waals surface area contributed by atoms with Gasteiger partial charge in [0, 0.05) is 22.9 Å². The van der Waals surface area contributed by atoms with Gasteiger partial charge in [-0.15, -0.1) is 0 Å². The van der Waals surface area contributed by atoms with Crippen molar-refractivity contribution in [1.29, 1.82) is 0 Å². The van der Waals surface area contributed by atoms with Crippen LogP contribution in [0, 0.1) is 17.0 Å². The first-order valence-corrected chi connectivity index (χ1v) is 9.60. The number of nitrogens with zero attached hydrogens (tertiary/aromatic N) is 1. The van der Waals surface area contributed by atoms with Gasteiger partial charge in [0.15, 0.2) is 11.6 Å². The van der Waals surface area contributed by atoms with Crippen LogP contribution in [0.15, 0.2) is 30.5 Å². The number of amides is 2. The summed E-state index contributed by atoms with van der Waals surface area (Å²) < 4.78 is 39.5. The zero-order chi connectivity index (χ0) is 21.3. The Labute approximate surface area is 170 Å². The lowest BCUT2D eigenvalue weighted by Crippen LogP contribution is -2.39. The normalized spacial score (nSPS) is 30.6. The van der Waals surface area contributed by atoms with Gasteiger partial charge < -0.3 is 20.5 Å². The molecule has 1 aromatic heterocycles. The number of hydrogen-bond acceptors (Lipinski definition) is 5. The second kappa shape index (κ2) is 6.21. The highest BCUT2D eigenvalue weighted by molar-refractivity contribution is 6.02. The molecule has 3 heterocycles. The summed E-state index contributed by atoms with van der Waals surface area (Å²) in [6.45, 7) is 0. The highest BCUT2D eigenvalue weighted by atomic mass is 19.2. The van der Waals surface area contributed by atoms with Crippen molar-refractivity contribution in [3.8, 4) is 5.75 Å². The van der Waals surface area contributed by atoms with Crippen LogP contribution in [-0.2, 0) is 14.9 Å². The van der Waals surface area contributed by atoms with Crippen molar-refractivity contribution in [2.75, 3.05) is 12.4 Å². The van der Waals surface area contributed by atoms with Crippen molar-refractivity contribution >= 4 is 17.5 Å². The third kappa shape index (κ3) is 2.23. The molecule has 2 amide bonds. The first-order valence-electron chi connectivity index (χ1n) is 9.60. The maximum absolute atomic E-state index is 14.4. The molecule has 3 N–H and O–H groups in total. The summed E-state index contributed by atoms with van der Waals surface area (Å²) in [6, 6.07) is 5.48. The average Bonchev–Trinajstić information content (AvgIpc) is 3.12. The molecule has 5 rings (SSSR count). The van der Waals surface area contributed by atoms with Crippen molar-refractivity contribution < 1.29 is 27.8 Å². The molecule has 1 saturated carbocycles. The summed E-state index contributed by atoms with van der Waals surface area (Å²) in [6.07, 6.45) is 2.63. The number of pyridine rings is 1. The van der Waals surface area contributed by atoms with E-state index in [2.05, 4.69) is 10.3 Å². The number of fused-ring (bicyclic) bond motifs is 5. The van der Waals surface area contributed by atoms with Crippen LogP contribution >= 0.6 is 0 Å². The first-order chi connectivity index (χ1) is 14.3. The number of anilines is 1. The highest BCUT2D eigenvalue weighted by Crippen LogP contribution is 2.78. The van der Waals surface area contributed by atoms with E-state index in [-0.39, 0.29) is 29.6 Å². The van der Waals surface area contributed by atoms with E-state index in [9.17, 15) is 18.4 Å². The Kier molecular flexibility index (Phi) is 3.92. The van der Waals surface area contributed by atoms with Crippen molar-refractivity contribution in [2.45, 2.75) is 36.9 Å². The second-order valence-electron chi connectivity index (χ2n) is 8.00. The van der Waals surface area contributed by atoms with Gasteiger partial charge in [-0.05, 0) is 37.5 Å². The Balaban J connectivity index is 1.54. The molecule has 3 aliphatic rings. The molecule has 1 aromatic carbocycles. The Morgan fingerprint density at radius 1 is 1.27 bits per heavy atom. The SMILES string of the molecule is COc1c(C23CC2(C(=O)Nc2ccnc(C(N)=O)c2)[C@@H]2CC[C@H]3O2)ccc(F)c1F. The fourth-order valence-electron chi connectivity index (χ4n) is 5.47. The van der Waals surface area contributed by atoms with E-state index < -0.39 is 28.4 Å². The summed E-state index contributed by atoms with van der Waals surface area (Å²) in [5, 5.41) is 2.83. The minimum Gasteiger partial charge on any atom is -0.493 e. The van der Waals surface area contributed by atoms with Crippen molar-refractivity contribution in [3.63, 3.8) is 0 Å². The third-order valence-corrected chi connectivity index (χ3v) is 6.76. The number of nitrogens with one attached hydrogen (secondary N) is 1. The maximum atomic E-state index is 14.4. The summed E-state index contributed by atoms with van der Waals surface area (Å²) in [5.74, 6) is -3.29. The van der Waals surface area contributed by atoms with E-state index in [4.69, 9.17) is 15.2 Å². The largest absolute Gasteiger partial charge is 0.493 e. The maximum Gasteiger partial charge on any atom is 0.267 e. The first kappa shape index (κ1) is 18.9. The number of methoxy groups -OCH3 is 1. The predicted molar refractivity (Wildman–Crippen MR) is 101 cm³/mol. The number of carbonyl (C=O) groups is 2. The minimum absolute atomic E-state index is 0.0267. The van der Waals surface area contributed by atoms with Gasteiger partial charge in [-0.25, -0.2) is 4.39 Å². The Hall–Kier alpha value is -3.07. The lowest BCUT2D eigenvalue weighted by molar-refractivity contribution is -0.124. The summed E-state index contributed by atoms with van der Waals surface area (Å²) in [7, 11) is 1.28. The van der Waals surface area contributed by atoms with E-state index in [1.54, 1.807) is 6.07 Å². The molecule has 0 spiro atoms. The van der Waals surface area contributed by atoms with Crippen molar-refractivity contribution in [2.24, 2.45) is 11.1 Å². The second-order valence-corrected chi connectivity index (χ2v) is 8.00. The topological polar surface area (TPSA) is 104 Å². The standard InChI is InChI=1S/C21H19F2N3O4/c1-29-17-11(2-3-12(22)16(17)23)20-9-21(20,15-5-4-14(20)30-15)19(28)26-10-6-7-25-13(8-10)18(24)27/h2-3,6-8,14-15H,4-5,9H2,1H3,(H2,24,27)(H,25,26,28)/t14-,15+,20?,21?/m1/s1. The molecular weight excluding hydrogens is 396 g/mol. The average molecular weight is 415 g/mol. The fourth-order valence-corrected chi connectivity index (χ4v) is 5.47. The predicted octanol–water partition coefficient (Wildman–Crippen LogP) is 2.30. The van der Waals surface area contributed by atoms with Gasteiger partial charge in [0.25, 0.3) is 5.91 Å². The summed E-state index contributed by atoms with van der Waals surface area (Å²) in [5.41, 5.74) is 4.39. The Morgan fingerprint density at radius 3 is 2.77 bits per heavy atom. The van der Waals surface area contributed by atoms with Crippen LogP contribution in [0.3, 0.4) is 0 Å². The van der Waals surface area contributed by atoms with E-state index in [0.717, 1.165) is 12.5 Å². The van der Waals surface area contributed by atoms with Gasteiger partial charge in [0.05, 0.1) is 24.7 Å². The number of halogens is 2. The number of primary amides is 1. The zero-order valence-corrected chi connectivity index (χ0v) is 16.1. The molecule has 7 nitrogen and oxygen atoms in total. The Bertz CT molecular complexity index is 1090. The molecule has 4 atom stereocenters. The Morgan fingerprint density at radius 2 is 2.03 bits per heavy atom. The highest BCUT2D eigenvalue weighted by Gasteiger charge is 2.85. The molecular formula is C21H19F2N3O4. The lowest BCUT2D eigenvalue weighted by atomic mass is 9.74. The minimum atomic E-state index is -1.08. The number of hydrogen-bond donors (Lipinski definition) is 2. The smallest absolute Gasteiger partial charge is 0.267 e. The van der Waals surface area contributed by atoms with E-state index in [0.29, 0.717) is 24.1 Å². The van der Waals surface area contributed by atoms with Gasteiger partial charge in [-0.3, -0.25) is 14.6 Å². The molecule has 156 valence electrons. The molecule has 2 unspecified atom stereocenters. The molecule has 1 aliphatic carbocycles. The van der Waals surface area contributed by atoms with E-state index in [1.165, 1.54) is 25.4 Å². The molecule has 30 heavy (non-hydrogen) atoms. The van der Waals surface area contributed by atoms with Crippen LogP contribution in [0.1, 0.15) is 35.3 Å². The van der Waals surface area contributed by atoms with Gasteiger partial charge in [0.2, 0.25) is 11.7 Å². The third-order valence-electron chi connectivity index (χ3n) is 6.76. The number of nitrogens with two attached hydrogens (primary N) is 1. The number of benzene rings is 1. The van der Waals surface area contributed by atoms with Gasteiger partial charge >= 0.3 is 0 Å². The molecule has 2 aromatic rings. The molecule has 2 bridgehead atoms. The molecule has 9 heteroatoms. The van der Waals surface area contributed by atoms with Gasteiger partial charge in [-0.2, -0.15) is 4.39 Å². The summed E-state index contributed by atoms with van der Waals surface area (Å²) in [4.78, 5) is 28.7. The van der Waals surface area contributed by atoms with Gasteiger partial charge in [-0.1, -0.05) is 6.07 Å². The van der Waals surface area contributed by atoms with Crippen LogP contribution in [0.2, 0.25) is 0 Å². The van der Waals surface area contributed by atoms with Crippen LogP contribution in [0.5, 0.6) is 5.75 Å². The monoisotopic (exact) mass is 415 g/mol. The quantitative estimate of drug-likeness (QED) is 0.780. The van der Waals surface area contributed by atoms with Gasteiger partial charge in [0.1, 0.15) is 5.69 Å². The molecule has 2 aliphatic heterocycles. The number of rotatable bonds is 5. The van der Waals surface area contributed by atoms with E-state index >= 15 is 0 Å². The molecule has 2 saturated heterocycles. The lowest BCUT2D eigenvalue weighted by Gasteiger charge is -2.28. The number of aromatic nitrogens is 1. The van der Waals surface area contributed by atoms with Crippen LogP contribution < -0.4 is 15.8 Å². The zero-order valence-electron chi connectivity index (χ0n) is 16.1. The number of carbonyl (C=O) groups excluding carboxylic acids is 2. The van der Waals surface area contributed by atoms with Crippen molar-refractivity contribution in [1.82, 2.24) is 4.98 Å². The van der Waals surface area contributed by atoms with Crippen LogP contribution in [0.25, 0.3) is 0 Å². The fraction of sp³-hybridized carbons (Fsp3) is 0.381. The molecule has 0 radical (unpaired) electrons. The summed E-state index contributed by atoms with van der Waals surface area (Å²) >= 11 is 0. The molecule has 3 fully saturated rings. The van der Waals surface area contributed by atoms with Crippen LogP contribution in [0.4, 0.5) is 14.5 Å². The van der Waals surface area contributed by atoms with Crippen molar-refractivity contribution in [3.05, 3.63) is 53.4 Å². The van der Waals surface area contributed by atoms with Crippen LogP contribution in [-0.4, -0.2) is 36.1 Å².